The lowest BCUT2D eigenvalue weighted by atomic mass is 9.99. The molecule has 0 saturated carbocycles. The number of hydrogen-bond donors (Lipinski definition) is 0. The SMILES string of the molecule is CC(C)c1nsc2c1C=CCC2. The number of aromatic nitrogens is 1. The standard InChI is InChI=1S/C10H13NS/c1-7(2)10-8-5-3-4-6-9(8)12-11-10/h3,5,7H,4,6H2,1-2H3. The first-order valence-electron chi connectivity index (χ1n) is 4.44. The van der Waals surface area contributed by atoms with Crippen LogP contribution in [0.15, 0.2) is 6.08 Å². The summed E-state index contributed by atoms with van der Waals surface area (Å²) in [5.74, 6) is 0.563. The Morgan fingerprint density at radius 1 is 1.50 bits per heavy atom. The quantitative estimate of drug-likeness (QED) is 0.645. The first kappa shape index (κ1) is 7.99. The van der Waals surface area contributed by atoms with E-state index in [1.807, 2.05) is 0 Å². The average Bonchev–Trinajstić information content (AvgIpc) is 2.47. The molecule has 0 atom stereocenters. The molecule has 1 nitrogen and oxygen atoms in total. The largest absolute Gasteiger partial charge is 0.197 e. The molecule has 12 heavy (non-hydrogen) atoms. The summed E-state index contributed by atoms with van der Waals surface area (Å²) in [7, 11) is 0. The molecule has 1 heterocycles. The monoisotopic (exact) mass is 179 g/mol. The highest BCUT2D eigenvalue weighted by Crippen LogP contribution is 2.30. The van der Waals surface area contributed by atoms with Crippen molar-refractivity contribution in [3.8, 4) is 0 Å². The molecular weight excluding hydrogens is 166 g/mol. The number of allylic oxidation sites excluding steroid dienone is 1. The number of nitrogens with zero attached hydrogens (tertiary/aromatic N) is 1. The molecule has 1 aromatic rings. The van der Waals surface area contributed by atoms with Gasteiger partial charge in [-0.15, -0.1) is 0 Å². The minimum absolute atomic E-state index is 0.563. The lowest BCUT2D eigenvalue weighted by molar-refractivity contribution is 0.834. The Balaban J connectivity index is 2.47. The molecule has 1 aliphatic carbocycles. The summed E-state index contributed by atoms with van der Waals surface area (Å²) in [5, 5.41) is 0. The van der Waals surface area contributed by atoms with Crippen LogP contribution >= 0.6 is 11.5 Å². The first-order valence-corrected chi connectivity index (χ1v) is 5.21. The summed E-state index contributed by atoms with van der Waals surface area (Å²) >= 11 is 1.68. The van der Waals surface area contributed by atoms with E-state index in [1.54, 1.807) is 11.5 Å². The van der Waals surface area contributed by atoms with Crippen molar-refractivity contribution in [3.63, 3.8) is 0 Å². The van der Waals surface area contributed by atoms with Crippen LogP contribution in [-0.2, 0) is 6.42 Å². The highest BCUT2D eigenvalue weighted by molar-refractivity contribution is 7.06. The summed E-state index contributed by atoms with van der Waals surface area (Å²) in [6, 6.07) is 0. The van der Waals surface area contributed by atoms with Crippen LogP contribution < -0.4 is 0 Å². The van der Waals surface area contributed by atoms with Crippen molar-refractivity contribution >= 4 is 17.6 Å². The highest BCUT2D eigenvalue weighted by atomic mass is 32.1. The lowest BCUT2D eigenvalue weighted by Gasteiger charge is -2.06. The van der Waals surface area contributed by atoms with Gasteiger partial charge in [-0.1, -0.05) is 26.0 Å². The fourth-order valence-corrected chi connectivity index (χ4v) is 2.53. The fourth-order valence-electron chi connectivity index (χ4n) is 1.54. The predicted molar refractivity (Wildman–Crippen MR) is 53.6 cm³/mol. The number of hydrogen-bond acceptors (Lipinski definition) is 2. The van der Waals surface area contributed by atoms with E-state index >= 15 is 0 Å². The van der Waals surface area contributed by atoms with Gasteiger partial charge in [-0.05, 0) is 30.3 Å². The van der Waals surface area contributed by atoms with Gasteiger partial charge in [0.1, 0.15) is 0 Å². The molecule has 0 aliphatic heterocycles. The molecule has 0 bridgehead atoms. The van der Waals surface area contributed by atoms with Gasteiger partial charge in [-0.3, -0.25) is 0 Å². The zero-order valence-electron chi connectivity index (χ0n) is 7.50. The topological polar surface area (TPSA) is 12.9 Å². The van der Waals surface area contributed by atoms with E-state index in [0.717, 1.165) is 0 Å². The van der Waals surface area contributed by atoms with E-state index in [9.17, 15) is 0 Å². The van der Waals surface area contributed by atoms with E-state index in [4.69, 9.17) is 0 Å². The molecule has 2 heteroatoms. The molecular formula is C10H13NS. The average molecular weight is 179 g/mol. The Hall–Kier alpha value is -0.630. The molecule has 64 valence electrons. The molecule has 0 spiro atoms. The predicted octanol–water partition coefficient (Wildman–Crippen LogP) is 3.23. The molecule has 0 radical (unpaired) electrons. The Morgan fingerprint density at radius 2 is 2.33 bits per heavy atom. The summed E-state index contributed by atoms with van der Waals surface area (Å²) in [4.78, 5) is 1.47. The minimum Gasteiger partial charge on any atom is -0.197 e. The Bertz CT molecular complexity index is 310. The maximum absolute atomic E-state index is 4.49. The molecule has 0 unspecified atom stereocenters. The van der Waals surface area contributed by atoms with E-state index in [-0.39, 0.29) is 0 Å². The van der Waals surface area contributed by atoms with Gasteiger partial charge in [0, 0.05) is 10.4 Å². The van der Waals surface area contributed by atoms with Crippen molar-refractivity contribution in [1.82, 2.24) is 4.37 Å². The van der Waals surface area contributed by atoms with E-state index in [1.165, 1.54) is 29.0 Å². The Labute approximate surface area is 77.3 Å². The van der Waals surface area contributed by atoms with E-state index < -0.39 is 0 Å². The third-order valence-electron chi connectivity index (χ3n) is 2.20. The van der Waals surface area contributed by atoms with Gasteiger partial charge in [0.05, 0.1) is 5.69 Å². The molecule has 2 rings (SSSR count). The normalized spacial score (nSPS) is 15.2. The zero-order valence-corrected chi connectivity index (χ0v) is 8.32. The molecule has 1 aromatic heterocycles. The molecule has 0 saturated heterocycles. The molecule has 0 fully saturated rings. The number of fused-ring (bicyclic) bond motifs is 1. The van der Waals surface area contributed by atoms with Crippen LogP contribution in [0.1, 0.15) is 42.3 Å². The van der Waals surface area contributed by atoms with Gasteiger partial charge in [0.25, 0.3) is 0 Å². The molecule has 0 N–H and O–H groups in total. The minimum atomic E-state index is 0.563. The third-order valence-corrected chi connectivity index (χ3v) is 3.13. The van der Waals surface area contributed by atoms with Crippen LogP contribution in [-0.4, -0.2) is 4.37 Å². The van der Waals surface area contributed by atoms with Crippen molar-refractivity contribution in [2.24, 2.45) is 0 Å². The van der Waals surface area contributed by atoms with Crippen LogP contribution in [0.3, 0.4) is 0 Å². The van der Waals surface area contributed by atoms with Crippen molar-refractivity contribution < 1.29 is 0 Å². The summed E-state index contributed by atoms with van der Waals surface area (Å²) in [5.41, 5.74) is 2.69. The smallest absolute Gasteiger partial charge is 0.0642 e. The number of rotatable bonds is 1. The molecule has 0 amide bonds. The van der Waals surface area contributed by atoms with E-state index in [0.29, 0.717) is 5.92 Å². The van der Waals surface area contributed by atoms with E-state index in [2.05, 4.69) is 30.4 Å². The maximum atomic E-state index is 4.49. The number of aryl methyl sites for hydroxylation is 1. The second kappa shape index (κ2) is 3.02. The molecule has 0 aromatic carbocycles. The second-order valence-electron chi connectivity index (χ2n) is 3.50. The van der Waals surface area contributed by atoms with Crippen LogP contribution in [0.4, 0.5) is 0 Å². The summed E-state index contributed by atoms with van der Waals surface area (Å²) < 4.78 is 4.49. The van der Waals surface area contributed by atoms with Crippen LogP contribution in [0, 0.1) is 0 Å². The molecule has 1 aliphatic rings. The second-order valence-corrected chi connectivity index (χ2v) is 4.36. The van der Waals surface area contributed by atoms with Gasteiger partial charge in [0.15, 0.2) is 0 Å². The first-order chi connectivity index (χ1) is 5.79. The van der Waals surface area contributed by atoms with Gasteiger partial charge in [0.2, 0.25) is 0 Å². The van der Waals surface area contributed by atoms with Gasteiger partial charge >= 0.3 is 0 Å². The Morgan fingerprint density at radius 3 is 3.08 bits per heavy atom. The van der Waals surface area contributed by atoms with Crippen molar-refractivity contribution in [2.75, 3.05) is 0 Å². The van der Waals surface area contributed by atoms with Crippen LogP contribution in [0.25, 0.3) is 6.08 Å². The lowest BCUT2D eigenvalue weighted by Crippen LogP contribution is -1.94. The maximum Gasteiger partial charge on any atom is 0.0642 e. The fraction of sp³-hybridized carbons (Fsp3) is 0.500. The third kappa shape index (κ3) is 1.20. The van der Waals surface area contributed by atoms with Crippen LogP contribution in [0.5, 0.6) is 0 Å². The zero-order chi connectivity index (χ0) is 8.55. The summed E-state index contributed by atoms with van der Waals surface area (Å²) in [6.07, 6.45) is 6.86. The highest BCUT2D eigenvalue weighted by Gasteiger charge is 2.15. The van der Waals surface area contributed by atoms with Crippen molar-refractivity contribution in [2.45, 2.75) is 32.6 Å². The van der Waals surface area contributed by atoms with Crippen molar-refractivity contribution in [1.29, 1.82) is 0 Å². The van der Waals surface area contributed by atoms with Crippen molar-refractivity contribution in [3.05, 3.63) is 22.2 Å². The van der Waals surface area contributed by atoms with Gasteiger partial charge < -0.3 is 0 Å². The van der Waals surface area contributed by atoms with Gasteiger partial charge in [-0.2, -0.15) is 4.37 Å². The summed E-state index contributed by atoms with van der Waals surface area (Å²) in [6.45, 7) is 4.41. The van der Waals surface area contributed by atoms with Crippen LogP contribution in [0.2, 0.25) is 0 Å². The Kier molecular flexibility index (Phi) is 2.01. The van der Waals surface area contributed by atoms with Gasteiger partial charge in [-0.25, -0.2) is 0 Å².